The fourth-order valence-corrected chi connectivity index (χ4v) is 6.27. The monoisotopic (exact) mass is 467 g/mol. The summed E-state index contributed by atoms with van der Waals surface area (Å²) in [6.07, 6.45) is 7.26. The van der Waals surface area contributed by atoms with Gasteiger partial charge >= 0.3 is 0 Å². The fraction of sp³-hybridized carbons (Fsp3) is 0.321. The van der Waals surface area contributed by atoms with Crippen molar-refractivity contribution in [3.63, 3.8) is 0 Å². The van der Waals surface area contributed by atoms with Crippen LogP contribution in [0, 0.1) is 6.92 Å². The average Bonchev–Trinajstić information content (AvgIpc) is 2.90. The highest BCUT2D eigenvalue weighted by molar-refractivity contribution is 7.99. The third-order valence-electron chi connectivity index (χ3n) is 7.15. The second kappa shape index (κ2) is 9.35. The van der Waals surface area contributed by atoms with Crippen LogP contribution in [0.15, 0.2) is 61.1 Å². The summed E-state index contributed by atoms with van der Waals surface area (Å²) >= 11 is 2.09. The molecule has 4 heterocycles. The van der Waals surface area contributed by atoms with Gasteiger partial charge in [-0.15, -0.1) is 0 Å². The Morgan fingerprint density at radius 1 is 0.971 bits per heavy atom. The minimum absolute atomic E-state index is 0.704. The first kappa shape index (κ1) is 21.6. The van der Waals surface area contributed by atoms with Gasteiger partial charge < -0.3 is 5.32 Å². The van der Waals surface area contributed by atoms with Gasteiger partial charge in [-0.05, 0) is 66.8 Å². The quantitative estimate of drug-likeness (QED) is 0.397. The lowest BCUT2D eigenvalue weighted by atomic mass is 10.0. The minimum atomic E-state index is 0.704. The van der Waals surface area contributed by atoms with E-state index in [2.05, 4.69) is 87.4 Å². The second-order valence-corrected chi connectivity index (χ2v) is 10.5. The van der Waals surface area contributed by atoms with Gasteiger partial charge in [0.2, 0.25) is 0 Å². The minimum Gasteiger partial charge on any atom is -0.340 e. The van der Waals surface area contributed by atoms with E-state index in [0.717, 1.165) is 47.7 Å². The SMILES string of the molecule is Cc1ccc(Nc2ncnc3c2CCN(C2CCSCC2)C3)cc1-c1cc2ccccc2cn1. The highest BCUT2D eigenvalue weighted by Gasteiger charge is 2.27. The zero-order chi connectivity index (χ0) is 22.9. The Morgan fingerprint density at radius 2 is 1.82 bits per heavy atom. The lowest BCUT2D eigenvalue weighted by molar-refractivity contribution is 0.166. The van der Waals surface area contributed by atoms with E-state index in [9.17, 15) is 0 Å². The number of hydrogen-bond acceptors (Lipinski definition) is 6. The van der Waals surface area contributed by atoms with Crippen LogP contribution >= 0.6 is 11.8 Å². The molecule has 1 fully saturated rings. The van der Waals surface area contributed by atoms with Gasteiger partial charge in [-0.25, -0.2) is 9.97 Å². The van der Waals surface area contributed by atoms with Crippen molar-refractivity contribution in [3.8, 4) is 11.3 Å². The van der Waals surface area contributed by atoms with Crippen molar-refractivity contribution in [2.45, 2.75) is 38.8 Å². The van der Waals surface area contributed by atoms with Gasteiger partial charge in [0.15, 0.2) is 0 Å². The molecular formula is C28H29N5S. The first-order valence-corrected chi connectivity index (χ1v) is 13.3. The van der Waals surface area contributed by atoms with E-state index in [-0.39, 0.29) is 0 Å². The summed E-state index contributed by atoms with van der Waals surface area (Å²) in [5.74, 6) is 3.50. The topological polar surface area (TPSA) is 53.9 Å². The number of aryl methyl sites for hydroxylation is 1. The van der Waals surface area contributed by atoms with Crippen molar-refractivity contribution in [3.05, 3.63) is 77.9 Å². The molecule has 0 unspecified atom stereocenters. The molecule has 2 aliphatic rings. The highest BCUT2D eigenvalue weighted by Crippen LogP contribution is 2.32. The van der Waals surface area contributed by atoms with Gasteiger partial charge in [0.1, 0.15) is 12.1 Å². The Morgan fingerprint density at radius 3 is 2.71 bits per heavy atom. The molecule has 0 atom stereocenters. The van der Waals surface area contributed by atoms with E-state index in [0.29, 0.717) is 6.04 Å². The third-order valence-corrected chi connectivity index (χ3v) is 8.20. The maximum atomic E-state index is 4.75. The molecule has 0 saturated carbocycles. The van der Waals surface area contributed by atoms with Gasteiger partial charge in [-0.1, -0.05) is 30.3 Å². The molecule has 0 spiro atoms. The van der Waals surface area contributed by atoms with Crippen LogP contribution in [-0.2, 0) is 13.0 Å². The Bertz CT molecular complexity index is 1330. The highest BCUT2D eigenvalue weighted by atomic mass is 32.2. The molecule has 5 nitrogen and oxygen atoms in total. The number of pyridine rings is 1. The Kier molecular flexibility index (Phi) is 5.93. The summed E-state index contributed by atoms with van der Waals surface area (Å²) in [5, 5.41) is 5.96. The number of nitrogens with zero attached hydrogens (tertiary/aromatic N) is 4. The number of benzene rings is 2. The van der Waals surface area contributed by atoms with E-state index >= 15 is 0 Å². The fourth-order valence-electron chi connectivity index (χ4n) is 5.19. The molecule has 172 valence electrons. The van der Waals surface area contributed by atoms with Crippen LogP contribution in [0.25, 0.3) is 22.0 Å². The van der Waals surface area contributed by atoms with Gasteiger partial charge in [-0.3, -0.25) is 9.88 Å². The van der Waals surface area contributed by atoms with Crippen LogP contribution in [0.1, 0.15) is 29.7 Å². The molecule has 4 aromatic rings. The molecule has 2 aliphatic heterocycles. The molecular weight excluding hydrogens is 438 g/mol. The van der Waals surface area contributed by atoms with Crippen LogP contribution in [0.3, 0.4) is 0 Å². The van der Waals surface area contributed by atoms with Crippen molar-refractivity contribution in [1.29, 1.82) is 0 Å². The predicted octanol–water partition coefficient (Wildman–Crippen LogP) is 6.00. The maximum Gasteiger partial charge on any atom is 0.137 e. The summed E-state index contributed by atoms with van der Waals surface area (Å²) in [6.45, 7) is 4.16. The number of aromatic nitrogens is 3. The predicted molar refractivity (Wildman–Crippen MR) is 142 cm³/mol. The lowest BCUT2D eigenvalue weighted by Crippen LogP contribution is -2.41. The largest absolute Gasteiger partial charge is 0.340 e. The molecule has 0 aliphatic carbocycles. The zero-order valence-electron chi connectivity index (χ0n) is 19.5. The van der Waals surface area contributed by atoms with Gasteiger partial charge in [0.25, 0.3) is 0 Å². The molecule has 1 N–H and O–H groups in total. The number of thioether (sulfide) groups is 1. The molecule has 0 amide bonds. The van der Waals surface area contributed by atoms with E-state index in [1.54, 1.807) is 6.33 Å². The summed E-state index contributed by atoms with van der Waals surface area (Å²) in [7, 11) is 0. The Balaban J connectivity index is 1.27. The summed E-state index contributed by atoms with van der Waals surface area (Å²) in [6, 6.07) is 17.7. The van der Waals surface area contributed by atoms with Crippen molar-refractivity contribution in [2.24, 2.45) is 0 Å². The molecule has 2 aromatic heterocycles. The smallest absolute Gasteiger partial charge is 0.137 e. The number of nitrogens with one attached hydrogen (secondary N) is 1. The lowest BCUT2D eigenvalue weighted by Gasteiger charge is -2.37. The molecule has 0 radical (unpaired) electrons. The first-order valence-electron chi connectivity index (χ1n) is 12.1. The van der Waals surface area contributed by atoms with Crippen molar-refractivity contribution in [2.75, 3.05) is 23.4 Å². The van der Waals surface area contributed by atoms with Crippen LogP contribution < -0.4 is 5.32 Å². The van der Waals surface area contributed by atoms with Crippen LogP contribution in [0.2, 0.25) is 0 Å². The summed E-state index contributed by atoms with van der Waals surface area (Å²) in [4.78, 5) is 16.7. The molecule has 34 heavy (non-hydrogen) atoms. The molecule has 1 saturated heterocycles. The zero-order valence-corrected chi connectivity index (χ0v) is 20.3. The normalized spacial score (nSPS) is 17.0. The summed E-state index contributed by atoms with van der Waals surface area (Å²) in [5.41, 5.74) is 6.80. The number of fused-ring (bicyclic) bond motifs is 2. The molecule has 6 heteroatoms. The average molecular weight is 468 g/mol. The second-order valence-electron chi connectivity index (χ2n) is 9.28. The molecule has 2 aromatic carbocycles. The van der Waals surface area contributed by atoms with Gasteiger partial charge in [0, 0.05) is 47.5 Å². The number of anilines is 2. The van der Waals surface area contributed by atoms with Crippen molar-refractivity contribution < 1.29 is 0 Å². The number of rotatable bonds is 4. The van der Waals surface area contributed by atoms with E-state index in [4.69, 9.17) is 4.98 Å². The van der Waals surface area contributed by atoms with Crippen LogP contribution in [0.4, 0.5) is 11.5 Å². The Labute approximate surface area is 205 Å². The third kappa shape index (κ3) is 4.28. The van der Waals surface area contributed by atoms with Crippen molar-refractivity contribution in [1.82, 2.24) is 19.9 Å². The van der Waals surface area contributed by atoms with Crippen LogP contribution in [-0.4, -0.2) is 43.9 Å². The van der Waals surface area contributed by atoms with Gasteiger partial charge in [0.05, 0.1) is 11.4 Å². The number of hydrogen-bond donors (Lipinski definition) is 1. The van der Waals surface area contributed by atoms with Crippen molar-refractivity contribution >= 4 is 34.0 Å². The standard InChI is InChI=1S/C28H29N5S/c1-19-6-7-22(15-25(19)26-14-20-4-2-3-5-21(20)16-29-26)32-28-24-8-11-33(17-27(24)30-18-31-28)23-9-12-34-13-10-23/h2-7,14-16,18,23H,8-13,17H2,1H3,(H,30,31,32). The van der Waals surface area contributed by atoms with Gasteiger partial charge in [-0.2, -0.15) is 11.8 Å². The summed E-state index contributed by atoms with van der Waals surface area (Å²) < 4.78 is 0. The Hall–Kier alpha value is -2.96. The van der Waals surface area contributed by atoms with E-state index in [1.807, 2.05) is 6.20 Å². The van der Waals surface area contributed by atoms with E-state index < -0.39 is 0 Å². The van der Waals surface area contributed by atoms with E-state index in [1.165, 1.54) is 46.6 Å². The maximum absolute atomic E-state index is 4.75. The first-order chi connectivity index (χ1) is 16.7. The molecule has 0 bridgehead atoms. The molecule has 6 rings (SSSR count). The van der Waals surface area contributed by atoms with Crippen LogP contribution in [0.5, 0.6) is 0 Å².